The van der Waals surface area contributed by atoms with Crippen LogP contribution in [-0.2, 0) is 19.1 Å². The van der Waals surface area contributed by atoms with E-state index in [0.29, 0.717) is 12.1 Å². The molecule has 7 nitrogen and oxygen atoms in total. The predicted molar refractivity (Wildman–Crippen MR) is 55.6 cm³/mol. The molecule has 1 aliphatic heterocycles. The van der Waals surface area contributed by atoms with Crippen LogP contribution in [0.4, 0.5) is 0 Å². The molecule has 0 unspecified atom stereocenters. The zero-order valence-corrected chi connectivity index (χ0v) is 9.28. The average molecular weight is 229 g/mol. The molecule has 0 aromatic carbocycles. The molecule has 0 saturated carbocycles. The van der Waals surface area contributed by atoms with Gasteiger partial charge in [-0.05, 0) is 0 Å². The van der Waals surface area contributed by atoms with Crippen molar-refractivity contribution in [3.63, 3.8) is 0 Å². The average Bonchev–Trinajstić information content (AvgIpc) is 2.31. The fourth-order valence-electron chi connectivity index (χ4n) is 1.18. The predicted octanol–water partition coefficient (Wildman–Crippen LogP) is -1.01. The van der Waals surface area contributed by atoms with Crippen molar-refractivity contribution < 1.29 is 19.1 Å². The monoisotopic (exact) mass is 229 g/mol. The molecule has 0 radical (unpaired) electrons. The highest BCUT2D eigenvalue weighted by atomic mass is 16.7. The molecule has 0 spiro atoms. The Morgan fingerprint density at radius 2 is 2.19 bits per heavy atom. The van der Waals surface area contributed by atoms with Crippen LogP contribution in [0.1, 0.15) is 12.8 Å². The van der Waals surface area contributed by atoms with Gasteiger partial charge in [-0.3, -0.25) is 9.59 Å². The van der Waals surface area contributed by atoms with E-state index < -0.39 is 6.29 Å². The van der Waals surface area contributed by atoms with Crippen LogP contribution >= 0.6 is 0 Å². The van der Waals surface area contributed by atoms with Gasteiger partial charge in [-0.25, -0.2) is 5.43 Å². The number of methoxy groups -OCH3 is 2. The molecule has 0 aliphatic carbocycles. The largest absolute Gasteiger partial charge is 0.354 e. The second kappa shape index (κ2) is 6.19. The minimum atomic E-state index is -0.484. The number of hydrogen-bond acceptors (Lipinski definition) is 5. The quantitative estimate of drug-likeness (QED) is 0.591. The third-order valence-corrected chi connectivity index (χ3v) is 2.12. The van der Waals surface area contributed by atoms with Crippen molar-refractivity contribution in [3.05, 3.63) is 0 Å². The Labute approximate surface area is 93.2 Å². The van der Waals surface area contributed by atoms with Crippen LogP contribution in [0.3, 0.4) is 0 Å². The van der Waals surface area contributed by atoms with Gasteiger partial charge in [-0.1, -0.05) is 0 Å². The fraction of sp³-hybridized carbons (Fsp3) is 0.667. The SMILES string of the molecule is COC(CNC(=O)C1=NNC(=O)CC1)OC. The Morgan fingerprint density at radius 3 is 2.69 bits per heavy atom. The highest BCUT2D eigenvalue weighted by molar-refractivity contribution is 6.39. The van der Waals surface area contributed by atoms with E-state index in [-0.39, 0.29) is 24.8 Å². The van der Waals surface area contributed by atoms with Crippen LogP contribution in [0.15, 0.2) is 5.10 Å². The lowest BCUT2D eigenvalue weighted by Gasteiger charge is -2.15. The van der Waals surface area contributed by atoms with Gasteiger partial charge in [0, 0.05) is 27.1 Å². The third kappa shape index (κ3) is 3.59. The van der Waals surface area contributed by atoms with Crippen molar-refractivity contribution in [2.45, 2.75) is 19.1 Å². The first-order valence-electron chi connectivity index (χ1n) is 4.86. The van der Waals surface area contributed by atoms with E-state index in [0.717, 1.165) is 0 Å². The van der Waals surface area contributed by atoms with Gasteiger partial charge in [0.2, 0.25) is 5.91 Å². The van der Waals surface area contributed by atoms with Crippen LogP contribution in [0.5, 0.6) is 0 Å². The lowest BCUT2D eigenvalue weighted by atomic mass is 10.1. The molecule has 0 saturated heterocycles. The number of carbonyl (C=O) groups is 2. The molecule has 0 fully saturated rings. The number of hydrogen-bond donors (Lipinski definition) is 2. The Hall–Kier alpha value is -1.47. The Bertz CT molecular complexity index is 299. The normalized spacial score (nSPS) is 15.7. The first-order chi connectivity index (χ1) is 7.67. The molecule has 0 bridgehead atoms. The smallest absolute Gasteiger partial charge is 0.267 e. The van der Waals surface area contributed by atoms with E-state index in [9.17, 15) is 9.59 Å². The van der Waals surface area contributed by atoms with Crippen LogP contribution in [0.25, 0.3) is 0 Å². The summed E-state index contributed by atoms with van der Waals surface area (Å²) in [6, 6.07) is 0. The van der Waals surface area contributed by atoms with Crippen LogP contribution in [-0.4, -0.2) is 44.6 Å². The Balaban J connectivity index is 2.38. The summed E-state index contributed by atoms with van der Waals surface area (Å²) in [7, 11) is 2.97. The third-order valence-electron chi connectivity index (χ3n) is 2.12. The van der Waals surface area contributed by atoms with E-state index in [1.165, 1.54) is 14.2 Å². The van der Waals surface area contributed by atoms with Crippen LogP contribution in [0, 0.1) is 0 Å². The van der Waals surface area contributed by atoms with E-state index in [1.807, 2.05) is 0 Å². The number of nitrogens with zero attached hydrogens (tertiary/aromatic N) is 1. The Morgan fingerprint density at radius 1 is 1.50 bits per heavy atom. The van der Waals surface area contributed by atoms with Crippen LogP contribution < -0.4 is 10.7 Å². The van der Waals surface area contributed by atoms with Gasteiger partial charge in [0.05, 0.1) is 6.54 Å². The van der Waals surface area contributed by atoms with Gasteiger partial charge >= 0.3 is 0 Å². The highest BCUT2D eigenvalue weighted by Gasteiger charge is 2.18. The molecular formula is C9H15N3O4. The molecule has 1 heterocycles. The summed E-state index contributed by atoms with van der Waals surface area (Å²) in [6.45, 7) is 0.235. The lowest BCUT2D eigenvalue weighted by molar-refractivity contribution is -0.122. The van der Waals surface area contributed by atoms with Crippen molar-refractivity contribution in [1.29, 1.82) is 0 Å². The number of hydrazone groups is 1. The van der Waals surface area contributed by atoms with Crippen molar-refractivity contribution in [2.75, 3.05) is 20.8 Å². The number of rotatable bonds is 5. The molecular weight excluding hydrogens is 214 g/mol. The zero-order chi connectivity index (χ0) is 12.0. The molecule has 2 N–H and O–H groups in total. The van der Waals surface area contributed by atoms with E-state index >= 15 is 0 Å². The van der Waals surface area contributed by atoms with Gasteiger partial charge in [-0.2, -0.15) is 5.10 Å². The molecule has 1 aliphatic rings. The van der Waals surface area contributed by atoms with Gasteiger partial charge in [0.1, 0.15) is 5.71 Å². The molecule has 2 amide bonds. The van der Waals surface area contributed by atoms with Crippen molar-refractivity contribution in [3.8, 4) is 0 Å². The molecule has 0 aromatic heterocycles. The summed E-state index contributed by atoms with van der Waals surface area (Å²) in [6.07, 6.45) is 0.148. The van der Waals surface area contributed by atoms with Crippen molar-refractivity contribution in [2.24, 2.45) is 5.10 Å². The zero-order valence-electron chi connectivity index (χ0n) is 9.28. The second-order valence-electron chi connectivity index (χ2n) is 3.20. The topological polar surface area (TPSA) is 89.0 Å². The van der Waals surface area contributed by atoms with Gasteiger partial charge in [-0.15, -0.1) is 0 Å². The summed E-state index contributed by atoms with van der Waals surface area (Å²) in [5, 5.41) is 6.26. The molecule has 1 rings (SSSR count). The Kier molecular flexibility index (Phi) is 4.87. The molecule has 90 valence electrons. The maximum Gasteiger partial charge on any atom is 0.267 e. The summed E-state index contributed by atoms with van der Waals surface area (Å²) < 4.78 is 9.82. The summed E-state index contributed by atoms with van der Waals surface area (Å²) in [4.78, 5) is 22.3. The highest BCUT2D eigenvalue weighted by Crippen LogP contribution is 1.99. The number of carbonyl (C=O) groups excluding carboxylic acids is 2. The van der Waals surface area contributed by atoms with Gasteiger partial charge < -0.3 is 14.8 Å². The van der Waals surface area contributed by atoms with Crippen molar-refractivity contribution in [1.82, 2.24) is 10.7 Å². The molecule has 16 heavy (non-hydrogen) atoms. The van der Waals surface area contributed by atoms with Crippen LogP contribution in [0.2, 0.25) is 0 Å². The first-order valence-corrected chi connectivity index (χ1v) is 4.86. The second-order valence-corrected chi connectivity index (χ2v) is 3.20. The molecule has 0 atom stereocenters. The van der Waals surface area contributed by atoms with E-state index in [2.05, 4.69) is 15.8 Å². The number of amides is 2. The van der Waals surface area contributed by atoms with Gasteiger partial charge in [0.25, 0.3) is 5.91 Å². The standard InChI is InChI=1S/C9H15N3O4/c1-15-8(16-2)5-10-9(14)6-3-4-7(13)12-11-6/h8H,3-5H2,1-2H3,(H,10,14)(H,12,13). The maximum absolute atomic E-state index is 11.5. The first kappa shape index (κ1) is 12.6. The number of nitrogens with one attached hydrogen (secondary N) is 2. The minimum absolute atomic E-state index is 0.178. The number of ether oxygens (including phenoxy) is 2. The van der Waals surface area contributed by atoms with E-state index in [1.54, 1.807) is 0 Å². The summed E-state index contributed by atoms with van der Waals surface area (Å²) >= 11 is 0. The molecule has 0 aromatic rings. The van der Waals surface area contributed by atoms with Gasteiger partial charge in [0.15, 0.2) is 6.29 Å². The summed E-state index contributed by atoms with van der Waals surface area (Å²) in [5.41, 5.74) is 2.57. The fourth-order valence-corrected chi connectivity index (χ4v) is 1.18. The van der Waals surface area contributed by atoms with E-state index in [4.69, 9.17) is 9.47 Å². The summed E-state index contributed by atoms with van der Waals surface area (Å²) in [5.74, 6) is -0.498. The lowest BCUT2D eigenvalue weighted by Crippen LogP contribution is -2.40. The van der Waals surface area contributed by atoms with Crippen molar-refractivity contribution >= 4 is 17.5 Å². The molecule has 7 heteroatoms. The minimum Gasteiger partial charge on any atom is -0.354 e. The maximum atomic E-state index is 11.5.